The van der Waals surface area contributed by atoms with E-state index in [1.807, 2.05) is 24.3 Å². The number of H-pyrrole nitrogens is 1. The van der Waals surface area contributed by atoms with Crippen LogP contribution < -0.4 is 10.2 Å². The number of hydrogen-bond acceptors (Lipinski definition) is 3. The molecule has 2 heterocycles. The standard InChI is InChI=1S/C22H25ClN4O/c23-18-10-11-19-20(14-18)26-22(25-19)27-13-5-9-17(15-27)21(28)24-12-4-8-16-6-2-1-3-7-16/h1-3,6-7,10-11,14,17H,4-5,8-9,12-13,15H2,(H,24,28)(H,25,26)/t17-/m0/s1. The molecular formula is C22H25ClN4O. The maximum absolute atomic E-state index is 12.6. The summed E-state index contributed by atoms with van der Waals surface area (Å²) in [6.45, 7) is 2.32. The fourth-order valence-electron chi connectivity index (χ4n) is 3.79. The highest BCUT2D eigenvalue weighted by atomic mass is 35.5. The number of aromatic amines is 1. The summed E-state index contributed by atoms with van der Waals surface area (Å²) >= 11 is 6.06. The number of rotatable bonds is 6. The van der Waals surface area contributed by atoms with Gasteiger partial charge in [0.05, 0.1) is 17.0 Å². The summed E-state index contributed by atoms with van der Waals surface area (Å²) in [5.41, 5.74) is 3.13. The van der Waals surface area contributed by atoms with Crippen molar-refractivity contribution in [3.63, 3.8) is 0 Å². The molecule has 0 aliphatic carbocycles. The predicted molar refractivity (Wildman–Crippen MR) is 114 cm³/mol. The number of aryl methyl sites for hydroxylation is 1. The van der Waals surface area contributed by atoms with Crippen molar-refractivity contribution in [3.8, 4) is 0 Å². The number of nitrogens with zero attached hydrogens (tertiary/aromatic N) is 2. The van der Waals surface area contributed by atoms with Crippen molar-refractivity contribution >= 4 is 34.5 Å². The van der Waals surface area contributed by atoms with Gasteiger partial charge in [-0.05, 0) is 49.4 Å². The van der Waals surface area contributed by atoms with Crippen LogP contribution in [0.25, 0.3) is 11.0 Å². The Morgan fingerprint density at radius 3 is 2.96 bits per heavy atom. The van der Waals surface area contributed by atoms with Crippen LogP contribution in [-0.2, 0) is 11.2 Å². The Balaban J connectivity index is 1.30. The zero-order chi connectivity index (χ0) is 19.3. The summed E-state index contributed by atoms with van der Waals surface area (Å²) in [5.74, 6) is 0.970. The van der Waals surface area contributed by atoms with Gasteiger partial charge >= 0.3 is 0 Å². The fourth-order valence-corrected chi connectivity index (χ4v) is 3.97. The monoisotopic (exact) mass is 396 g/mol. The van der Waals surface area contributed by atoms with Gasteiger partial charge in [0.15, 0.2) is 0 Å². The molecular weight excluding hydrogens is 372 g/mol. The first-order valence-corrected chi connectivity index (χ1v) is 10.3. The van der Waals surface area contributed by atoms with Gasteiger partial charge in [0.2, 0.25) is 11.9 Å². The van der Waals surface area contributed by atoms with Crippen LogP contribution in [0, 0.1) is 5.92 Å². The van der Waals surface area contributed by atoms with E-state index in [0.717, 1.165) is 49.2 Å². The average molecular weight is 397 g/mol. The van der Waals surface area contributed by atoms with E-state index in [1.165, 1.54) is 5.56 Å². The van der Waals surface area contributed by atoms with Crippen molar-refractivity contribution in [2.45, 2.75) is 25.7 Å². The number of fused-ring (bicyclic) bond motifs is 1. The molecule has 0 spiro atoms. The third-order valence-electron chi connectivity index (χ3n) is 5.31. The first-order chi connectivity index (χ1) is 13.7. The number of nitrogens with one attached hydrogen (secondary N) is 2. The molecule has 4 rings (SSSR count). The van der Waals surface area contributed by atoms with Gasteiger partial charge in [0.1, 0.15) is 0 Å². The predicted octanol–water partition coefficient (Wildman–Crippen LogP) is 4.18. The normalized spacial score (nSPS) is 17.0. The molecule has 1 atom stereocenters. The fraction of sp³-hybridized carbons (Fsp3) is 0.364. The Bertz CT molecular complexity index is 940. The second-order valence-corrected chi connectivity index (χ2v) is 7.82. The molecule has 1 aliphatic heterocycles. The molecule has 0 radical (unpaired) electrons. The largest absolute Gasteiger partial charge is 0.356 e. The number of aromatic nitrogens is 2. The third kappa shape index (κ3) is 4.47. The number of imidazole rings is 1. The minimum Gasteiger partial charge on any atom is -0.356 e. The van der Waals surface area contributed by atoms with Crippen LogP contribution in [0.15, 0.2) is 48.5 Å². The molecule has 1 fully saturated rings. The van der Waals surface area contributed by atoms with Gasteiger partial charge in [-0.25, -0.2) is 4.98 Å². The van der Waals surface area contributed by atoms with Crippen LogP contribution in [0.1, 0.15) is 24.8 Å². The van der Waals surface area contributed by atoms with Crippen LogP contribution in [0.4, 0.5) is 5.95 Å². The Kier molecular flexibility index (Phi) is 5.81. The second kappa shape index (κ2) is 8.65. The summed E-state index contributed by atoms with van der Waals surface area (Å²) in [5, 5.41) is 3.80. The molecule has 6 heteroatoms. The smallest absolute Gasteiger partial charge is 0.224 e. The van der Waals surface area contributed by atoms with Gasteiger partial charge in [0.25, 0.3) is 0 Å². The van der Waals surface area contributed by atoms with Crippen LogP contribution in [0.5, 0.6) is 0 Å². The lowest BCUT2D eigenvalue weighted by Gasteiger charge is -2.31. The Morgan fingerprint density at radius 1 is 1.25 bits per heavy atom. The number of piperidine rings is 1. The lowest BCUT2D eigenvalue weighted by Crippen LogP contribution is -2.43. The number of halogens is 1. The third-order valence-corrected chi connectivity index (χ3v) is 5.54. The van der Waals surface area contributed by atoms with Crippen molar-refractivity contribution in [3.05, 3.63) is 59.1 Å². The molecule has 28 heavy (non-hydrogen) atoms. The minimum absolute atomic E-state index is 0.00211. The SMILES string of the molecule is O=C(NCCCc1ccccc1)[C@H]1CCCN(c2nc3ccc(Cl)cc3[nH]2)C1. The second-order valence-electron chi connectivity index (χ2n) is 7.39. The van der Waals surface area contributed by atoms with E-state index in [2.05, 4.69) is 44.5 Å². The molecule has 3 aromatic rings. The number of amides is 1. The van der Waals surface area contributed by atoms with E-state index in [1.54, 1.807) is 0 Å². The topological polar surface area (TPSA) is 61.0 Å². The van der Waals surface area contributed by atoms with E-state index < -0.39 is 0 Å². The van der Waals surface area contributed by atoms with Crippen molar-refractivity contribution in [1.82, 2.24) is 15.3 Å². The molecule has 0 saturated carbocycles. The molecule has 5 nitrogen and oxygen atoms in total. The van der Waals surface area contributed by atoms with E-state index in [0.29, 0.717) is 18.1 Å². The van der Waals surface area contributed by atoms with Crippen molar-refractivity contribution < 1.29 is 4.79 Å². The molecule has 2 aromatic carbocycles. The van der Waals surface area contributed by atoms with Crippen molar-refractivity contribution in [1.29, 1.82) is 0 Å². The van der Waals surface area contributed by atoms with Gasteiger partial charge in [-0.3, -0.25) is 4.79 Å². The first-order valence-electron chi connectivity index (χ1n) is 9.91. The minimum atomic E-state index is 0.00211. The lowest BCUT2D eigenvalue weighted by molar-refractivity contribution is -0.125. The van der Waals surface area contributed by atoms with Crippen LogP contribution >= 0.6 is 11.6 Å². The number of carbonyl (C=O) groups excluding carboxylic acids is 1. The quantitative estimate of drug-likeness (QED) is 0.614. The van der Waals surface area contributed by atoms with Crippen LogP contribution in [-0.4, -0.2) is 35.5 Å². The highest BCUT2D eigenvalue weighted by Crippen LogP contribution is 2.25. The number of carbonyl (C=O) groups is 1. The van der Waals surface area contributed by atoms with E-state index in [4.69, 9.17) is 11.6 Å². The van der Waals surface area contributed by atoms with Gasteiger partial charge in [-0.15, -0.1) is 0 Å². The van der Waals surface area contributed by atoms with E-state index in [-0.39, 0.29) is 11.8 Å². The first kappa shape index (κ1) is 18.8. The van der Waals surface area contributed by atoms with Crippen LogP contribution in [0.2, 0.25) is 5.02 Å². The van der Waals surface area contributed by atoms with Gasteiger partial charge < -0.3 is 15.2 Å². The maximum atomic E-state index is 12.6. The molecule has 0 unspecified atom stereocenters. The molecule has 0 bridgehead atoms. The molecule has 146 valence electrons. The van der Waals surface area contributed by atoms with Crippen LogP contribution in [0.3, 0.4) is 0 Å². The molecule has 2 N–H and O–H groups in total. The Morgan fingerprint density at radius 2 is 2.11 bits per heavy atom. The molecule has 1 saturated heterocycles. The summed E-state index contributed by atoms with van der Waals surface area (Å²) in [6.07, 6.45) is 3.85. The van der Waals surface area contributed by atoms with E-state index in [9.17, 15) is 4.79 Å². The molecule has 1 aromatic heterocycles. The summed E-state index contributed by atoms with van der Waals surface area (Å²) in [6, 6.07) is 16.0. The lowest BCUT2D eigenvalue weighted by atomic mass is 9.97. The van der Waals surface area contributed by atoms with E-state index >= 15 is 0 Å². The zero-order valence-electron chi connectivity index (χ0n) is 15.8. The zero-order valence-corrected chi connectivity index (χ0v) is 16.6. The van der Waals surface area contributed by atoms with Crippen molar-refractivity contribution in [2.24, 2.45) is 5.92 Å². The maximum Gasteiger partial charge on any atom is 0.224 e. The number of anilines is 1. The van der Waals surface area contributed by atoms with Gasteiger partial charge in [-0.1, -0.05) is 41.9 Å². The average Bonchev–Trinajstić information content (AvgIpc) is 3.15. The summed E-state index contributed by atoms with van der Waals surface area (Å²) in [7, 11) is 0. The van der Waals surface area contributed by atoms with Gasteiger partial charge in [-0.2, -0.15) is 0 Å². The number of benzene rings is 2. The van der Waals surface area contributed by atoms with Gasteiger partial charge in [0, 0.05) is 24.7 Å². The highest BCUT2D eigenvalue weighted by molar-refractivity contribution is 6.31. The van der Waals surface area contributed by atoms with Crippen molar-refractivity contribution in [2.75, 3.05) is 24.5 Å². The number of hydrogen-bond donors (Lipinski definition) is 2. The molecule has 1 aliphatic rings. The summed E-state index contributed by atoms with van der Waals surface area (Å²) < 4.78 is 0. The summed E-state index contributed by atoms with van der Waals surface area (Å²) in [4.78, 5) is 22.8. The Hall–Kier alpha value is -2.53. The molecule has 1 amide bonds. The highest BCUT2D eigenvalue weighted by Gasteiger charge is 2.27. The Labute approximate surface area is 170 Å².